The van der Waals surface area contributed by atoms with E-state index in [1.54, 1.807) is 24.7 Å². The third-order valence-corrected chi connectivity index (χ3v) is 3.20. The van der Waals surface area contributed by atoms with Gasteiger partial charge in [-0.25, -0.2) is 4.68 Å². The van der Waals surface area contributed by atoms with Crippen LogP contribution in [0.1, 0.15) is 13.8 Å². The van der Waals surface area contributed by atoms with Gasteiger partial charge in [-0.2, -0.15) is 5.10 Å². The minimum Gasteiger partial charge on any atom is -0.370 e. The van der Waals surface area contributed by atoms with Crippen LogP contribution in [0.2, 0.25) is 0 Å². The molecule has 0 atom stereocenters. The Balaban J connectivity index is 2.20. The molecule has 3 aromatic rings. The molecule has 0 unspecified atom stereocenters. The van der Waals surface area contributed by atoms with Crippen molar-refractivity contribution < 1.29 is 5.11 Å². The Morgan fingerprint density at radius 3 is 2.42 bits per heavy atom. The van der Waals surface area contributed by atoms with Crippen LogP contribution in [0.4, 0.5) is 0 Å². The normalized spacial score (nSPS) is 11.9. The summed E-state index contributed by atoms with van der Waals surface area (Å²) in [5.41, 5.74) is 2.22. The van der Waals surface area contributed by atoms with Crippen LogP contribution in [-0.4, -0.2) is 14.9 Å². The maximum Gasteiger partial charge on any atom is 0.152 e. The summed E-state index contributed by atoms with van der Waals surface area (Å²) in [5, 5.41) is 15.4. The Morgan fingerprint density at radius 1 is 1.00 bits per heavy atom. The molecule has 3 heteroatoms. The van der Waals surface area contributed by atoms with E-state index in [1.165, 1.54) is 0 Å². The second kappa shape index (κ2) is 4.21. The zero-order valence-electron chi connectivity index (χ0n) is 11.0. The van der Waals surface area contributed by atoms with Crippen LogP contribution in [0, 0.1) is 0 Å². The van der Waals surface area contributed by atoms with Gasteiger partial charge in [0.05, 0.1) is 11.7 Å². The van der Waals surface area contributed by atoms with Crippen LogP contribution >= 0.6 is 0 Å². The van der Waals surface area contributed by atoms with Gasteiger partial charge in [-0.1, -0.05) is 42.5 Å². The highest BCUT2D eigenvalue weighted by Crippen LogP contribution is 2.26. The van der Waals surface area contributed by atoms with Crippen molar-refractivity contribution in [2.45, 2.75) is 19.6 Å². The summed E-state index contributed by atoms with van der Waals surface area (Å²) in [5.74, 6) is 0. The average Bonchev–Trinajstić information content (AvgIpc) is 2.82. The Labute approximate surface area is 112 Å². The molecule has 3 rings (SSSR count). The molecule has 0 radical (unpaired) electrons. The monoisotopic (exact) mass is 252 g/mol. The van der Waals surface area contributed by atoms with Gasteiger partial charge in [-0.05, 0) is 31.0 Å². The van der Waals surface area contributed by atoms with Crippen LogP contribution in [-0.2, 0) is 5.72 Å². The van der Waals surface area contributed by atoms with Crippen molar-refractivity contribution in [3.63, 3.8) is 0 Å². The van der Waals surface area contributed by atoms with Crippen LogP contribution in [0.5, 0.6) is 0 Å². The van der Waals surface area contributed by atoms with Gasteiger partial charge in [0.15, 0.2) is 5.72 Å². The van der Waals surface area contributed by atoms with Gasteiger partial charge in [0.2, 0.25) is 0 Å². The number of aliphatic hydroxyl groups is 1. The summed E-state index contributed by atoms with van der Waals surface area (Å²) >= 11 is 0. The smallest absolute Gasteiger partial charge is 0.152 e. The van der Waals surface area contributed by atoms with Gasteiger partial charge in [0.1, 0.15) is 0 Å². The van der Waals surface area contributed by atoms with Crippen molar-refractivity contribution in [3.8, 4) is 11.1 Å². The van der Waals surface area contributed by atoms with Crippen molar-refractivity contribution in [3.05, 3.63) is 54.7 Å². The molecule has 0 saturated carbocycles. The third kappa shape index (κ3) is 2.13. The summed E-state index contributed by atoms with van der Waals surface area (Å²) in [6, 6.07) is 16.4. The largest absolute Gasteiger partial charge is 0.370 e. The second-order valence-electron chi connectivity index (χ2n) is 5.19. The summed E-state index contributed by atoms with van der Waals surface area (Å²) in [4.78, 5) is 0. The van der Waals surface area contributed by atoms with Gasteiger partial charge in [-0.3, -0.25) is 0 Å². The molecule has 1 aromatic heterocycles. The second-order valence-corrected chi connectivity index (χ2v) is 5.19. The molecule has 1 heterocycles. The van der Waals surface area contributed by atoms with E-state index in [-0.39, 0.29) is 0 Å². The van der Waals surface area contributed by atoms with E-state index in [1.807, 2.05) is 24.3 Å². The van der Waals surface area contributed by atoms with Crippen molar-refractivity contribution in [1.82, 2.24) is 9.78 Å². The lowest BCUT2D eigenvalue weighted by atomic mass is 10.0. The fraction of sp³-hybridized carbons (Fsp3) is 0.188. The molecule has 3 nitrogen and oxygen atoms in total. The quantitative estimate of drug-likeness (QED) is 0.759. The lowest BCUT2D eigenvalue weighted by Crippen LogP contribution is -2.26. The van der Waals surface area contributed by atoms with Crippen LogP contribution in [0.15, 0.2) is 54.7 Å². The Bertz CT molecular complexity index is 708. The minimum absolute atomic E-state index is 0.939. The number of aromatic nitrogens is 2. The first-order valence-electron chi connectivity index (χ1n) is 6.32. The summed E-state index contributed by atoms with van der Waals surface area (Å²) in [7, 11) is 0. The number of benzene rings is 2. The lowest BCUT2D eigenvalue weighted by Gasteiger charge is -2.19. The van der Waals surface area contributed by atoms with Gasteiger partial charge in [0.25, 0.3) is 0 Å². The fourth-order valence-corrected chi connectivity index (χ4v) is 2.26. The molecule has 0 aliphatic rings. The van der Waals surface area contributed by atoms with Crippen molar-refractivity contribution >= 4 is 10.9 Å². The predicted molar refractivity (Wildman–Crippen MR) is 76.7 cm³/mol. The molecular formula is C16H16N2O. The van der Waals surface area contributed by atoms with E-state index in [0.29, 0.717) is 0 Å². The molecule has 0 fully saturated rings. The van der Waals surface area contributed by atoms with Gasteiger partial charge >= 0.3 is 0 Å². The first kappa shape index (κ1) is 11.9. The zero-order valence-corrected chi connectivity index (χ0v) is 11.0. The van der Waals surface area contributed by atoms with E-state index < -0.39 is 5.72 Å². The minimum atomic E-state index is -1.00. The van der Waals surface area contributed by atoms with Gasteiger partial charge in [0, 0.05) is 5.39 Å². The summed E-state index contributed by atoms with van der Waals surface area (Å²) in [6.07, 6.45) is 1.78. The Hall–Kier alpha value is -2.13. The van der Waals surface area contributed by atoms with Gasteiger partial charge < -0.3 is 5.11 Å². The fourth-order valence-electron chi connectivity index (χ4n) is 2.26. The predicted octanol–water partition coefficient (Wildman–Crippen LogP) is 3.39. The Kier molecular flexibility index (Phi) is 2.64. The zero-order chi connectivity index (χ0) is 13.5. The number of hydrogen-bond acceptors (Lipinski definition) is 2. The van der Waals surface area contributed by atoms with Crippen molar-refractivity contribution in [1.29, 1.82) is 0 Å². The number of fused-ring (bicyclic) bond motifs is 1. The molecule has 0 bridgehead atoms. The standard InChI is InChI=1S/C16H16N2O/c1-16(2,19)18-15-10-13(8-9-14(15)11-17-18)12-6-4-3-5-7-12/h3-11,19H,1-2H3. The number of rotatable bonds is 2. The highest BCUT2D eigenvalue weighted by molar-refractivity contribution is 5.84. The molecule has 0 spiro atoms. The van der Waals surface area contributed by atoms with E-state index >= 15 is 0 Å². The molecule has 2 aromatic carbocycles. The first-order chi connectivity index (χ1) is 9.05. The third-order valence-electron chi connectivity index (χ3n) is 3.20. The highest BCUT2D eigenvalue weighted by Gasteiger charge is 2.18. The van der Waals surface area contributed by atoms with Crippen LogP contribution < -0.4 is 0 Å². The molecule has 0 aliphatic carbocycles. The maximum atomic E-state index is 10.1. The summed E-state index contributed by atoms with van der Waals surface area (Å²) < 4.78 is 1.65. The van der Waals surface area contributed by atoms with Crippen LogP contribution in [0.25, 0.3) is 22.0 Å². The van der Waals surface area contributed by atoms with Crippen molar-refractivity contribution in [2.24, 2.45) is 0 Å². The average molecular weight is 252 g/mol. The maximum absolute atomic E-state index is 10.1. The van der Waals surface area contributed by atoms with E-state index in [2.05, 4.69) is 29.4 Å². The number of nitrogens with zero attached hydrogens (tertiary/aromatic N) is 2. The molecule has 19 heavy (non-hydrogen) atoms. The number of hydrogen-bond donors (Lipinski definition) is 1. The van der Waals surface area contributed by atoms with Crippen LogP contribution in [0.3, 0.4) is 0 Å². The van der Waals surface area contributed by atoms with Gasteiger partial charge in [-0.15, -0.1) is 0 Å². The first-order valence-corrected chi connectivity index (χ1v) is 6.32. The van der Waals surface area contributed by atoms with E-state index in [0.717, 1.165) is 22.0 Å². The molecule has 1 N–H and O–H groups in total. The van der Waals surface area contributed by atoms with E-state index in [9.17, 15) is 5.11 Å². The summed E-state index contributed by atoms with van der Waals surface area (Å²) in [6.45, 7) is 3.46. The molecule has 0 saturated heterocycles. The van der Waals surface area contributed by atoms with Crippen molar-refractivity contribution in [2.75, 3.05) is 0 Å². The highest BCUT2D eigenvalue weighted by atomic mass is 16.3. The topological polar surface area (TPSA) is 38.0 Å². The SMILES string of the molecule is CC(C)(O)n1ncc2ccc(-c3ccccc3)cc21. The molecule has 0 aliphatic heterocycles. The molecule has 0 amide bonds. The molecular weight excluding hydrogens is 236 g/mol. The van der Waals surface area contributed by atoms with E-state index in [4.69, 9.17) is 0 Å². The lowest BCUT2D eigenvalue weighted by molar-refractivity contribution is -0.00590. The molecule has 96 valence electrons. The Morgan fingerprint density at radius 2 is 1.74 bits per heavy atom.